The summed E-state index contributed by atoms with van der Waals surface area (Å²) in [5.74, 6) is 0.730. The molecule has 0 spiro atoms. The van der Waals surface area contributed by atoms with Gasteiger partial charge in [0.25, 0.3) is 0 Å². The predicted octanol–water partition coefficient (Wildman–Crippen LogP) is 7.50. The number of benzene rings is 4. The molecule has 0 aliphatic rings. The molecule has 0 aromatic heterocycles. The molecule has 4 rings (SSSR count). The zero-order valence-corrected chi connectivity index (χ0v) is 18.8. The Labute approximate surface area is 196 Å². The maximum atomic E-state index is 6.21. The van der Waals surface area contributed by atoms with Gasteiger partial charge in [0.15, 0.2) is 0 Å². The molecule has 3 nitrogen and oxygen atoms in total. The molecular formula is C25H19Cl3N2O. The standard InChI is InChI=1S/C25H19Cl3N2O/c26-22-8-4-2-6-19(22)14-29-30-15-21-20-7-3-1-5-18(20)10-12-25(21)31-16-17-9-11-23(27)24(28)13-17/h1-13,15,29H,14,16H2/b30-15-. The van der Waals surface area contributed by atoms with Crippen LogP contribution in [0.3, 0.4) is 0 Å². The Morgan fingerprint density at radius 1 is 0.806 bits per heavy atom. The fourth-order valence-electron chi connectivity index (χ4n) is 3.21. The molecule has 6 heteroatoms. The van der Waals surface area contributed by atoms with Gasteiger partial charge in [-0.3, -0.25) is 0 Å². The lowest BCUT2D eigenvalue weighted by Crippen LogP contribution is -2.07. The molecule has 0 amide bonds. The fourth-order valence-corrected chi connectivity index (χ4v) is 3.73. The Hall–Kier alpha value is -2.72. The van der Waals surface area contributed by atoms with Crippen LogP contribution in [0.15, 0.2) is 84.0 Å². The van der Waals surface area contributed by atoms with Crippen molar-refractivity contribution in [3.63, 3.8) is 0 Å². The van der Waals surface area contributed by atoms with Crippen molar-refractivity contribution in [2.45, 2.75) is 13.2 Å². The number of rotatable bonds is 7. The van der Waals surface area contributed by atoms with Crippen molar-refractivity contribution in [2.24, 2.45) is 5.10 Å². The molecule has 0 bridgehead atoms. The summed E-state index contributed by atoms with van der Waals surface area (Å²) in [6.07, 6.45) is 1.78. The second kappa shape index (κ2) is 10.1. The molecule has 0 aliphatic carbocycles. The van der Waals surface area contributed by atoms with E-state index in [0.29, 0.717) is 28.2 Å². The van der Waals surface area contributed by atoms with Crippen LogP contribution in [-0.2, 0) is 13.2 Å². The number of hydrazone groups is 1. The van der Waals surface area contributed by atoms with Crippen molar-refractivity contribution in [3.8, 4) is 5.75 Å². The maximum absolute atomic E-state index is 6.21. The first-order chi connectivity index (χ1) is 15.1. The van der Waals surface area contributed by atoms with Gasteiger partial charge in [-0.15, -0.1) is 0 Å². The number of nitrogens with one attached hydrogen (secondary N) is 1. The smallest absolute Gasteiger partial charge is 0.129 e. The normalized spacial score (nSPS) is 11.2. The molecule has 0 saturated carbocycles. The highest BCUT2D eigenvalue weighted by Gasteiger charge is 2.08. The largest absolute Gasteiger partial charge is 0.488 e. The monoisotopic (exact) mass is 468 g/mol. The zero-order valence-electron chi connectivity index (χ0n) is 16.5. The summed E-state index contributed by atoms with van der Waals surface area (Å²) >= 11 is 18.3. The molecule has 4 aromatic rings. The van der Waals surface area contributed by atoms with Crippen molar-refractivity contribution >= 4 is 51.8 Å². The van der Waals surface area contributed by atoms with Crippen molar-refractivity contribution in [2.75, 3.05) is 0 Å². The SMILES string of the molecule is Clc1ccc(COc2ccc3ccccc3c2/C=N\NCc2ccccc2Cl)cc1Cl. The molecule has 156 valence electrons. The van der Waals surface area contributed by atoms with E-state index in [1.54, 1.807) is 12.3 Å². The Bertz CT molecular complexity index is 1240. The molecule has 0 saturated heterocycles. The van der Waals surface area contributed by atoms with Crippen molar-refractivity contribution in [1.82, 2.24) is 5.43 Å². The van der Waals surface area contributed by atoms with Crippen LogP contribution in [0.25, 0.3) is 10.8 Å². The summed E-state index contributed by atoms with van der Waals surface area (Å²) in [5, 5.41) is 8.32. The first kappa shape index (κ1) is 21.5. The topological polar surface area (TPSA) is 33.6 Å². The summed E-state index contributed by atoms with van der Waals surface area (Å²) in [4.78, 5) is 0. The van der Waals surface area contributed by atoms with Crippen LogP contribution in [0, 0.1) is 0 Å². The third-order valence-electron chi connectivity index (χ3n) is 4.82. The molecule has 1 N–H and O–H groups in total. The van der Waals surface area contributed by atoms with Crippen LogP contribution in [0.4, 0.5) is 0 Å². The van der Waals surface area contributed by atoms with Gasteiger partial charge in [-0.1, -0.05) is 89.4 Å². The van der Waals surface area contributed by atoms with Gasteiger partial charge in [0, 0.05) is 10.6 Å². The van der Waals surface area contributed by atoms with E-state index < -0.39 is 0 Å². The lowest BCUT2D eigenvalue weighted by atomic mass is 10.0. The highest BCUT2D eigenvalue weighted by molar-refractivity contribution is 6.42. The minimum absolute atomic E-state index is 0.364. The number of halogens is 3. The van der Waals surface area contributed by atoms with Gasteiger partial charge in [0.1, 0.15) is 12.4 Å². The number of hydrogen-bond acceptors (Lipinski definition) is 3. The molecule has 0 unspecified atom stereocenters. The van der Waals surface area contributed by atoms with E-state index in [0.717, 1.165) is 33.2 Å². The van der Waals surface area contributed by atoms with E-state index in [1.807, 2.05) is 60.7 Å². The summed E-state index contributed by atoms with van der Waals surface area (Å²) in [6, 6.07) is 25.3. The van der Waals surface area contributed by atoms with E-state index in [2.05, 4.69) is 22.7 Å². The fraction of sp³-hybridized carbons (Fsp3) is 0.0800. The molecule has 31 heavy (non-hydrogen) atoms. The number of fused-ring (bicyclic) bond motifs is 1. The van der Waals surface area contributed by atoms with Gasteiger partial charge in [0.2, 0.25) is 0 Å². The summed E-state index contributed by atoms with van der Waals surface area (Å²) in [7, 11) is 0. The quantitative estimate of drug-likeness (QED) is 0.224. The van der Waals surface area contributed by atoms with Crippen LogP contribution in [0.2, 0.25) is 15.1 Å². The van der Waals surface area contributed by atoms with Crippen LogP contribution >= 0.6 is 34.8 Å². The van der Waals surface area contributed by atoms with Crippen LogP contribution < -0.4 is 10.2 Å². The molecular weight excluding hydrogens is 451 g/mol. The van der Waals surface area contributed by atoms with Crippen molar-refractivity contribution in [1.29, 1.82) is 0 Å². The number of nitrogens with zero attached hydrogens (tertiary/aromatic N) is 1. The Morgan fingerprint density at radius 2 is 1.61 bits per heavy atom. The van der Waals surface area contributed by atoms with Gasteiger partial charge in [-0.05, 0) is 46.2 Å². The van der Waals surface area contributed by atoms with Gasteiger partial charge >= 0.3 is 0 Å². The van der Waals surface area contributed by atoms with Crippen molar-refractivity contribution in [3.05, 3.63) is 111 Å². The average molecular weight is 470 g/mol. The van der Waals surface area contributed by atoms with E-state index in [1.165, 1.54) is 0 Å². The molecule has 0 fully saturated rings. The maximum Gasteiger partial charge on any atom is 0.129 e. The highest BCUT2D eigenvalue weighted by atomic mass is 35.5. The number of ether oxygens (including phenoxy) is 1. The second-order valence-corrected chi connectivity index (χ2v) is 8.14. The van der Waals surface area contributed by atoms with Crippen LogP contribution in [0.1, 0.15) is 16.7 Å². The Morgan fingerprint density at radius 3 is 2.45 bits per heavy atom. The highest BCUT2D eigenvalue weighted by Crippen LogP contribution is 2.28. The van der Waals surface area contributed by atoms with Crippen LogP contribution in [0.5, 0.6) is 5.75 Å². The first-order valence-electron chi connectivity index (χ1n) is 9.69. The summed E-state index contributed by atoms with van der Waals surface area (Å²) in [5.41, 5.74) is 5.88. The Kier molecular flexibility index (Phi) is 6.98. The third-order valence-corrected chi connectivity index (χ3v) is 5.93. The van der Waals surface area contributed by atoms with E-state index in [9.17, 15) is 0 Å². The average Bonchev–Trinajstić information content (AvgIpc) is 2.79. The Balaban J connectivity index is 1.56. The van der Waals surface area contributed by atoms with Gasteiger partial charge in [0.05, 0.1) is 22.8 Å². The van der Waals surface area contributed by atoms with Crippen LogP contribution in [-0.4, -0.2) is 6.21 Å². The molecule has 4 aromatic carbocycles. The number of hydrogen-bond donors (Lipinski definition) is 1. The van der Waals surface area contributed by atoms with E-state index >= 15 is 0 Å². The third kappa shape index (κ3) is 5.31. The van der Waals surface area contributed by atoms with Gasteiger partial charge in [-0.25, -0.2) is 0 Å². The molecule has 0 radical (unpaired) electrons. The van der Waals surface area contributed by atoms with E-state index in [-0.39, 0.29) is 0 Å². The van der Waals surface area contributed by atoms with Crippen molar-refractivity contribution < 1.29 is 4.74 Å². The lowest BCUT2D eigenvalue weighted by molar-refractivity contribution is 0.306. The summed E-state index contributed by atoms with van der Waals surface area (Å²) in [6.45, 7) is 0.892. The zero-order chi connectivity index (χ0) is 21.6. The molecule has 0 aliphatic heterocycles. The molecule has 0 atom stereocenters. The second-order valence-electron chi connectivity index (χ2n) is 6.92. The van der Waals surface area contributed by atoms with Gasteiger partial charge in [-0.2, -0.15) is 5.10 Å². The predicted molar refractivity (Wildman–Crippen MR) is 131 cm³/mol. The lowest BCUT2D eigenvalue weighted by Gasteiger charge is -2.12. The molecule has 0 heterocycles. The first-order valence-corrected chi connectivity index (χ1v) is 10.8. The van der Waals surface area contributed by atoms with Gasteiger partial charge < -0.3 is 10.2 Å². The summed E-state index contributed by atoms with van der Waals surface area (Å²) < 4.78 is 6.12. The minimum atomic E-state index is 0.364. The minimum Gasteiger partial charge on any atom is -0.488 e. The van der Waals surface area contributed by atoms with E-state index in [4.69, 9.17) is 39.5 Å².